The van der Waals surface area contributed by atoms with Crippen LogP contribution in [0.1, 0.15) is 15.4 Å². The van der Waals surface area contributed by atoms with E-state index in [1.807, 2.05) is 19.2 Å². The summed E-state index contributed by atoms with van der Waals surface area (Å²) in [6, 6.07) is 4.89. The van der Waals surface area contributed by atoms with E-state index in [0.29, 0.717) is 12.5 Å². The molecule has 24 heavy (non-hydrogen) atoms. The Kier molecular flexibility index (Phi) is 8.98. The van der Waals surface area contributed by atoms with Gasteiger partial charge >= 0.3 is 0 Å². The van der Waals surface area contributed by atoms with E-state index >= 15 is 0 Å². The number of halogens is 2. The number of benzene rings is 1. The fourth-order valence-electron chi connectivity index (χ4n) is 2.03. The lowest BCUT2D eigenvalue weighted by molar-refractivity contribution is 0.386. The third kappa shape index (κ3) is 6.23. The molecule has 1 aromatic carbocycles. The molecule has 2 aromatic rings. The molecule has 0 unspecified atom stereocenters. The number of hydrogen-bond donors (Lipinski definition) is 2. The molecule has 0 saturated heterocycles. The van der Waals surface area contributed by atoms with E-state index in [9.17, 15) is 4.39 Å². The average molecular weight is 464 g/mol. The molecule has 1 heterocycles. The topological polar surface area (TPSA) is 58.5 Å². The van der Waals surface area contributed by atoms with Gasteiger partial charge in [-0.25, -0.2) is 9.37 Å². The minimum absolute atomic E-state index is 0. The summed E-state index contributed by atoms with van der Waals surface area (Å²) in [5.41, 5.74) is 0.821. The molecule has 0 aliphatic rings. The van der Waals surface area contributed by atoms with Crippen LogP contribution in [-0.4, -0.2) is 31.6 Å². The quantitative estimate of drug-likeness (QED) is 0.392. The molecule has 0 amide bonds. The van der Waals surface area contributed by atoms with Crippen molar-refractivity contribution in [3.8, 4) is 5.75 Å². The Morgan fingerprint density at radius 3 is 2.75 bits per heavy atom. The van der Waals surface area contributed by atoms with Crippen molar-refractivity contribution in [2.75, 3.05) is 20.7 Å². The lowest BCUT2D eigenvalue weighted by atomic mass is 10.2. The highest BCUT2D eigenvalue weighted by Crippen LogP contribution is 2.17. The number of ether oxygens (including phenoxy) is 1. The fourth-order valence-corrected chi connectivity index (χ4v) is 2.82. The van der Waals surface area contributed by atoms with Crippen LogP contribution in [0.5, 0.6) is 5.75 Å². The first-order chi connectivity index (χ1) is 11.1. The lowest BCUT2D eigenvalue weighted by Gasteiger charge is -2.12. The van der Waals surface area contributed by atoms with E-state index in [-0.39, 0.29) is 35.5 Å². The molecule has 0 radical (unpaired) electrons. The van der Waals surface area contributed by atoms with E-state index in [2.05, 4.69) is 20.6 Å². The highest BCUT2D eigenvalue weighted by molar-refractivity contribution is 14.0. The predicted octanol–water partition coefficient (Wildman–Crippen LogP) is 3.12. The van der Waals surface area contributed by atoms with Gasteiger partial charge in [0, 0.05) is 37.6 Å². The normalized spacial score (nSPS) is 10.9. The predicted molar refractivity (Wildman–Crippen MR) is 107 cm³/mol. The van der Waals surface area contributed by atoms with Crippen molar-refractivity contribution >= 4 is 41.3 Å². The van der Waals surface area contributed by atoms with Crippen molar-refractivity contribution in [1.29, 1.82) is 0 Å². The number of methoxy groups -OCH3 is 1. The molecule has 0 atom stereocenters. The van der Waals surface area contributed by atoms with Crippen molar-refractivity contribution in [3.05, 3.63) is 45.7 Å². The zero-order valence-electron chi connectivity index (χ0n) is 13.9. The largest absolute Gasteiger partial charge is 0.494 e. The molecule has 0 aliphatic heterocycles. The number of thiazole rings is 1. The molecule has 0 spiro atoms. The Morgan fingerprint density at radius 1 is 1.38 bits per heavy atom. The van der Waals surface area contributed by atoms with Crippen LogP contribution in [0.4, 0.5) is 4.39 Å². The fraction of sp³-hybridized carbons (Fsp3) is 0.375. The SMILES string of the molecule is CN=C(NCCc1ncc(C)s1)NCc1ccc(OC)c(F)c1.I. The highest BCUT2D eigenvalue weighted by atomic mass is 127. The second kappa shape index (κ2) is 10.4. The maximum atomic E-state index is 13.6. The summed E-state index contributed by atoms with van der Waals surface area (Å²) >= 11 is 1.70. The molecule has 132 valence electrons. The van der Waals surface area contributed by atoms with Crippen LogP contribution >= 0.6 is 35.3 Å². The van der Waals surface area contributed by atoms with Gasteiger partial charge in [-0.3, -0.25) is 4.99 Å². The monoisotopic (exact) mass is 464 g/mol. The van der Waals surface area contributed by atoms with Gasteiger partial charge in [0.15, 0.2) is 17.5 Å². The maximum absolute atomic E-state index is 13.6. The highest BCUT2D eigenvalue weighted by Gasteiger charge is 2.05. The van der Waals surface area contributed by atoms with Crippen LogP contribution in [0.2, 0.25) is 0 Å². The van der Waals surface area contributed by atoms with Crippen LogP contribution in [0.3, 0.4) is 0 Å². The van der Waals surface area contributed by atoms with Crippen LogP contribution in [0.25, 0.3) is 0 Å². The molecule has 2 rings (SSSR count). The Morgan fingerprint density at radius 2 is 2.17 bits per heavy atom. The Balaban J connectivity index is 0.00000288. The van der Waals surface area contributed by atoms with Crippen molar-refractivity contribution in [2.45, 2.75) is 19.9 Å². The van der Waals surface area contributed by atoms with E-state index < -0.39 is 0 Å². The summed E-state index contributed by atoms with van der Waals surface area (Å²) < 4.78 is 18.6. The summed E-state index contributed by atoms with van der Waals surface area (Å²) in [5, 5.41) is 7.48. The zero-order chi connectivity index (χ0) is 16.7. The average Bonchev–Trinajstić information content (AvgIpc) is 2.96. The van der Waals surface area contributed by atoms with Crippen LogP contribution in [-0.2, 0) is 13.0 Å². The Bertz CT molecular complexity index is 678. The molecule has 2 N–H and O–H groups in total. The molecular weight excluding hydrogens is 442 g/mol. The first-order valence-electron chi connectivity index (χ1n) is 7.30. The third-order valence-corrected chi connectivity index (χ3v) is 4.17. The van der Waals surface area contributed by atoms with Gasteiger partial charge in [0.25, 0.3) is 0 Å². The van der Waals surface area contributed by atoms with Gasteiger partial charge in [0.1, 0.15) is 0 Å². The smallest absolute Gasteiger partial charge is 0.191 e. The summed E-state index contributed by atoms with van der Waals surface area (Å²) in [6.45, 7) is 3.27. The van der Waals surface area contributed by atoms with Crippen molar-refractivity contribution in [3.63, 3.8) is 0 Å². The van der Waals surface area contributed by atoms with E-state index in [1.165, 1.54) is 18.1 Å². The number of nitrogens with zero attached hydrogens (tertiary/aromatic N) is 2. The Labute approximate surface area is 162 Å². The molecule has 0 bridgehead atoms. The molecular formula is C16H22FIN4OS. The number of aliphatic imine (C=N–C) groups is 1. The van der Waals surface area contributed by atoms with Crippen molar-refractivity contribution in [2.24, 2.45) is 4.99 Å². The second-order valence-corrected chi connectivity index (χ2v) is 6.26. The van der Waals surface area contributed by atoms with Crippen molar-refractivity contribution in [1.82, 2.24) is 15.6 Å². The number of nitrogens with one attached hydrogen (secondary N) is 2. The molecule has 0 saturated carbocycles. The third-order valence-electron chi connectivity index (χ3n) is 3.20. The number of aryl methyl sites for hydroxylation is 1. The van der Waals surface area contributed by atoms with Gasteiger partial charge < -0.3 is 15.4 Å². The van der Waals surface area contributed by atoms with Crippen molar-refractivity contribution < 1.29 is 9.13 Å². The van der Waals surface area contributed by atoms with Gasteiger partial charge in [-0.1, -0.05) is 6.07 Å². The molecule has 1 aromatic heterocycles. The Hall–Kier alpha value is -1.42. The van der Waals surface area contributed by atoms with E-state index in [4.69, 9.17) is 4.74 Å². The lowest BCUT2D eigenvalue weighted by Crippen LogP contribution is -2.37. The van der Waals surface area contributed by atoms with Crippen LogP contribution < -0.4 is 15.4 Å². The second-order valence-electron chi connectivity index (χ2n) is 4.94. The summed E-state index contributed by atoms with van der Waals surface area (Å²) in [4.78, 5) is 9.69. The first-order valence-corrected chi connectivity index (χ1v) is 8.12. The van der Waals surface area contributed by atoms with Crippen LogP contribution in [0.15, 0.2) is 29.4 Å². The van der Waals surface area contributed by atoms with E-state index in [0.717, 1.165) is 23.5 Å². The van der Waals surface area contributed by atoms with E-state index in [1.54, 1.807) is 24.5 Å². The maximum Gasteiger partial charge on any atom is 0.191 e. The number of guanidine groups is 1. The summed E-state index contributed by atoms with van der Waals surface area (Å²) in [5.74, 6) is 0.554. The van der Waals surface area contributed by atoms with Gasteiger partial charge in [-0.15, -0.1) is 35.3 Å². The summed E-state index contributed by atoms with van der Waals surface area (Å²) in [6.07, 6.45) is 2.72. The molecule has 0 fully saturated rings. The summed E-state index contributed by atoms with van der Waals surface area (Å²) in [7, 11) is 3.16. The van der Waals surface area contributed by atoms with Gasteiger partial charge in [-0.05, 0) is 24.6 Å². The number of aromatic nitrogens is 1. The van der Waals surface area contributed by atoms with Gasteiger partial charge in [-0.2, -0.15) is 0 Å². The minimum Gasteiger partial charge on any atom is -0.494 e. The number of rotatable bonds is 6. The van der Waals surface area contributed by atoms with Gasteiger partial charge in [0.2, 0.25) is 0 Å². The molecule has 5 nitrogen and oxygen atoms in total. The first kappa shape index (κ1) is 20.6. The standard InChI is InChI=1S/C16H21FN4OS.HI/c1-11-9-20-15(23-11)6-7-19-16(18-2)21-10-12-4-5-14(22-3)13(17)8-12;/h4-5,8-9H,6-7,10H2,1-3H3,(H2,18,19,21);1H. The van der Waals surface area contributed by atoms with Gasteiger partial charge in [0.05, 0.1) is 12.1 Å². The van der Waals surface area contributed by atoms with Crippen LogP contribution in [0, 0.1) is 12.7 Å². The molecule has 8 heteroatoms. The number of hydrogen-bond acceptors (Lipinski definition) is 4. The minimum atomic E-state index is -0.367. The zero-order valence-corrected chi connectivity index (χ0v) is 17.1. The molecule has 0 aliphatic carbocycles.